The van der Waals surface area contributed by atoms with Crippen LogP contribution in [0.4, 0.5) is 0 Å². The highest BCUT2D eigenvalue weighted by Gasteiger charge is 2.37. The van der Waals surface area contributed by atoms with Crippen molar-refractivity contribution in [3.8, 4) is 0 Å². The van der Waals surface area contributed by atoms with Gasteiger partial charge in [0, 0.05) is 13.2 Å². The quantitative estimate of drug-likeness (QED) is 0.746. The van der Waals surface area contributed by atoms with E-state index < -0.39 is 10.0 Å². The topological polar surface area (TPSA) is 72.6 Å². The lowest BCUT2D eigenvalue weighted by Gasteiger charge is -2.24. The van der Waals surface area contributed by atoms with E-state index in [4.69, 9.17) is 22.7 Å². The Labute approximate surface area is 107 Å². The number of rotatable bonds is 4. The predicted octanol–water partition coefficient (Wildman–Crippen LogP) is 0.246. The molecule has 17 heavy (non-hydrogen) atoms. The van der Waals surface area contributed by atoms with Crippen molar-refractivity contribution in [2.45, 2.75) is 37.8 Å². The standard InChI is InChI=1S/C10H18N2O3S2/c11-10(16)9-4-1-5-12(9)17(13,14)7-8-3-2-6-15-8/h8-9H,1-7H2,(H2,11,16). The van der Waals surface area contributed by atoms with E-state index in [0.717, 1.165) is 25.7 Å². The molecule has 0 spiro atoms. The molecule has 2 atom stereocenters. The van der Waals surface area contributed by atoms with Crippen LogP contribution in [0.25, 0.3) is 0 Å². The number of hydrogen-bond acceptors (Lipinski definition) is 4. The summed E-state index contributed by atoms with van der Waals surface area (Å²) in [7, 11) is -3.30. The molecule has 2 fully saturated rings. The van der Waals surface area contributed by atoms with Gasteiger partial charge in [-0.25, -0.2) is 8.42 Å². The highest BCUT2D eigenvalue weighted by atomic mass is 32.2. The Kier molecular flexibility index (Phi) is 4.02. The number of nitrogens with two attached hydrogens (primary N) is 1. The highest BCUT2D eigenvalue weighted by molar-refractivity contribution is 7.89. The maximum Gasteiger partial charge on any atom is 0.217 e. The van der Waals surface area contributed by atoms with Gasteiger partial charge in [-0.2, -0.15) is 4.31 Å². The first-order valence-electron chi connectivity index (χ1n) is 5.91. The Balaban J connectivity index is 2.06. The minimum atomic E-state index is -3.30. The molecule has 2 rings (SSSR count). The average molecular weight is 278 g/mol. The molecular weight excluding hydrogens is 260 g/mol. The van der Waals surface area contributed by atoms with Crippen molar-refractivity contribution in [1.82, 2.24) is 4.31 Å². The number of ether oxygens (including phenoxy) is 1. The molecule has 98 valence electrons. The van der Waals surface area contributed by atoms with Crippen LogP contribution >= 0.6 is 12.2 Å². The van der Waals surface area contributed by atoms with Crippen LogP contribution in [0.3, 0.4) is 0 Å². The molecule has 2 heterocycles. The first-order valence-corrected chi connectivity index (χ1v) is 7.93. The number of hydrogen-bond donors (Lipinski definition) is 1. The molecule has 2 aliphatic heterocycles. The van der Waals surface area contributed by atoms with Gasteiger partial charge in [-0.15, -0.1) is 0 Å². The van der Waals surface area contributed by atoms with E-state index >= 15 is 0 Å². The Morgan fingerprint density at radius 3 is 2.76 bits per heavy atom. The van der Waals surface area contributed by atoms with E-state index in [1.165, 1.54) is 4.31 Å². The number of nitrogens with zero attached hydrogens (tertiary/aromatic N) is 1. The van der Waals surface area contributed by atoms with Crippen LogP contribution in [0.1, 0.15) is 25.7 Å². The average Bonchev–Trinajstić information content (AvgIpc) is 2.84. The second-order valence-corrected chi connectivity index (χ2v) is 7.02. The summed E-state index contributed by atoms with van der Waals surface area (Å²) in [5, 5.41) is 0. The van der Waals surface area contributed by atoms with E-state index in [1.54, 1.807) is 0 Å². The zero-order valence-electron chi connectivity index (χ0n) is 9.67. The van der Waals surface area contributed by atoms with Gasteiger partial charge in [0.2, 0.25) is 10.0 Å². The summed E-state index contributed by atoms with van der Waals surface area (Å²) in [5.74, 6) is 0.0616. The van der Waals surface area contributed by atoms with Crippen LogP contribution in [-0.2, 0) is 14.8 Å². The molecule has 0 aromatic carbocycles. The largest absolute Gasteiger partial charge is 0.392 e. The van der Waals surface area contributed by atoms with Gasteiger partial charge in [-0.1, -0.05) is 12.2 Å². The van der Waals surface area contributed by atoms with E-state index in [0.29, 0.717) is 13.2 Å². The van der Waals surface area contributed by atoms with E-state index in [1.807, 2.05) is 0 Å². The van der Waals surface area contributed by atoms with Gasteiger partial charge >= 0.3 is 0 Å². The summed E-state index contributed by atoms with van der Waals surface area (Å²) in [5.41, 5.74) is 5.59. The first kappa shape index (κ1) is 13.2. The molecule has 0 aromatic rings. The third-order valence-electron chi connectivity index (χ3n) is 3.31. The Bertz CT molecular complexity index is 390. The Morgan fingerprint density at radius 1 is 1.41 bits per heavy atom. The van der Waals surface area contributed by atoms with Gasteiger partial charge < -0.3 is 10.5 Å². The van der Waals surface area contributed by atoms with E-state index in [-0.39, 0.29) is 22.9 Å². The molecule has 0 bridgehead atoms. The molecule has 0 amide bonds. The van der Waals surface area contributed by atoms with Crippen LogP contribution in [0.15, 0.2) is 0 Å². The van der Waals surface area contributed by atoms with Crippen molar-refractivity contribution in [3.05, 3.63) is 0 Å². The second-order valence-electron chi connectivity index (χ2n) is 4.58. The third-order valence-corrected chi connectivity index (χ3v) is 5.53. The summed E-state index contributed by atoms with van der Waals surface area (Å²) in [6.45, 7) is 1.19. The first-order chi connectivity index (χ1) is 8.00. The van der Waals surface area contributed by atoms with Crippen LogP contribution in [0.2, 0.25) is 0 Å². The van der Waals surface area contributed by atoms with Crippen LogP contribution < -0.4 is 5.73 Å². The molecule has 0 aromatic heterocycles. The summed E-state index contributed by atoms with van der Waals surface area (Å²) < 4.78 is 31.3. The van der Waals surface area contributed by atoms with Crippen molar-refractivity contribution in [3.63, 3.8) is 0 Å². The minimum absolute atomic E-state index is 0.0616. The van der Waals surface area contributed by atoms with Gasteiger partial charge in [0.25, 0.3) is 0 Å². The molecule has 2 aliphatic rings. The lowest BCUT2D eigenvalue weighted by Crippen LogP contribution is -2.45. The zero-order valence-corrected chi connectivity index (χ0v) is 11.3. The van der Waals surface area contributed by atoms with Gasteiger partial charge in [0.1, 0.15) is 0 Å². The summed E-state index contributed by atoms with van der Waals surface area (Å²) >= 11 is 4.92. The van der Waals surface area contributed by atoms with Crippen molar-refractivity contribution in [1.29, 1.82) is 0 Å². The maximum absolute atomic E-state index is 12.2. The predicted molar refractivity (Wildman–Crippen MR) is 69.3 cm³/mol. The minimum Gasteiger partial charge on any atom is -0.392 e. The molecule has 0 saturated carbocycles. The van der Waals surface area contributed by atoms with E-state index in [9.17, 15) is 8.42 Å². The number of thiocarbonyl (C=S) groups is 1. The Hall–Kier alpha value is -0.240. The lowest BCUT2D eigenvalue weighted by atomic mass is 10.2. The molecule has 2 saturated heterocycles. The van der Waals surface area contributed by atoms with E-state index in [2.05, 4.69) is 0 Å². The molecule has 0 radical (unpaired) electrons. The van der Waals surface area contributed by atoms with Crippen LogP contribution in [-0.4, -0.2) is 48.8 Å². The zero-order chi connectivity index (χ0) is 12.5. The van der Waals surface area contributed by atoms with Gasteiger partial charge in [0.15, 0.2) is 0 Å². The van der Waals surface area contributed by atoms with Crippen LogP contribution in [0.5, 0.6) is 0 Å². The normalized spacial score (nSPS) is 30.8. The lowest BCUT2D eigenvalue weighted by molar-refractivity contribution is 0.126. The smallest absolute Gasteiger partial charge is 0.217 e. The molecular formula is C10H18N2O3S2. The molecule has 5 nitrogen and oxygen atoms in total. The fraction of sp³-hybridized carbons (Fsp3) is 0.900. The van der Waals surface area contributed by atoms with Crippen molar-refractivity contribution >= 4 is 27.2 Å². The van der Waals surface area contributed by atoms with Gasteiger partial charge in [-0.05, 0) is 25.7 Å². The molecule has 2 N–H and O–H groups in total. The third kappa shape index (κ3) is 2.96. The molecule has 0 aliphatic carbocycles. The fourth-order valence-electron chi connectivity index (χ4n) is 2.46. The summed E-state index contributed by atoms with van der Waals surface area (Å²) in [4.78, 5) is 0.276. The van der Waals surface area contributed by atoms with Crippen molar-refractivity contribution < 1.29 is 13.2 Å². The number of sulfonamides is 1. The van der Waals surface area contributed by atoms with Crippen molar-refractivity contribution in [2.24, 2.45) is 5.73 Å². The summed E-state index contributed by atoms with van der Waals surface area (Å²) in [6.07, 6.45) is 3.17. The van der Waals surface area contributed by atoms with Crippen LogP contribution in [0, 0.1) is 0 Å². The van der Waals surface area contributed by atoms with Gasteiger partial charge in [-0.3, -0.25) is 0 Å². The maximum atomic E-state index is 12.2. The SMILES string of the molecule is NC(=S)C1CCCN1S(=O)(=O)CC1CCCO1. The van der Waals surface area contributed by atoms with Crippen molar-refractivity contribution in [2.75, 3.05) is 18.9 Å². The fourth-order valence-corrected chi connectivity index (χ4v) is 4.71. The second kappa shape index (κ2) is 5.17. The molecule has 7 heteroatoms. The monoisotopic (exact) mass is 278 g/mol. The molecule has 2 unspecified atom stereocenters. The highest BCUT2D eigenvalue weighted by Crippen LogP contribution is 2.24. The van der Waals surface area contributed by atoms with Gasteiger partial charge in [0.05, 0.1) is 22.9 Å². The summed E-state index contributed by atoms with van der Waals surface area (Å²) in [6, 6.07) is -0.295. The Morgan fingerprint density at radius 2 is 2.18 bits per heavy atom.